The summed E-state index contributed by atoms with van der Waals surface area (Å²) in [7, 11) is 1.60. The van der Waals surface area contributed by atoms with Crippen molar-refractivity contribution in [2.75, 3.05) is 12.4 Å². The third-order valence-corrected chi connectivity index (χ3v) is 2.57. The summed E-state index contributed by atoms with van der Waals surface area (Å²) in [6.07, 6.45) is 0. The average Bonchev–Trinajstić information content (AvgIpc) is 2.38. The molecule has 0 spiro atoms. The lowest BCUT2D eigenvalue weighted by atomic mass is 10.2. The summed E-state index contributed by atoms with van der Waals surface area (Å²) in [5.41, 5.74) is 1.15. The van der Waals surface area contributed by atoms with Crippen molar-refractivity contribution in [3.63, 3.8) is 0 Å². The molecule has 1 aromatic carbocycles. The summed E-state index contributed by atoms with van der Waals surface area (Å²) in [6.45, 7) is 0.706. The molecule has 0 atom stereocenters. The highest BCUT2D eigenvalue weighted by atomic mass is 35.5. The van der Waals surface area contributed by atoms with E-state index in [1.165, 1.54) is 0 Å². The molecule has 0 amide bonds. The number of aromatic nitrogens is 1. The van der Waals surface area contributed by atoms with Gasteiger partial charge in [-0.05, 0) is 23.8 Å². The Morgan fingerprint density at radius 2 is 1.94 bits per heavy atom. The first-order valence-electron chi connectivity index (χ1n) is 5.27. The van der Waals surface area contributed by atoms with Crippen LogP contribution in [0.5, 0.6) is 5.88 Å². The van der Waals surface area contributed by atoms with E-state index in [0.29, 0.717) is 12.4 Å². The Balaban J connectivity index is 1.99. The second kappa shape index (κ2) is 5.55. The van der Waals surface area contributed by atoms with Crippen LogP contribution in [0.25, 0.3) is 0 Å². The van der Waals surface area contributed by atoms with Gasteiger partial charge in [0.1, 0.15) is 5.82 Å². The van der Waals surface area contributed by atoms with Crippen molar-refractivity contribution in [2.24, 2.45) is 0 Å². The topological polar surface area (TPSA) is 34.1 Å². The van der Waals surface area contributed by atoms with Crippen LogP contribution in [0.3, 0.4) is 0 Å². The van der Waals surface area contributed by atoms with Gasteiger partial charge in [0.05, 0.1) is 7.11 Å². The van der Waals surface area contributed by atoms with Gasteiger partial charge in [0.25, 0.3) is 0 Å². The third-order valence-electron chi connectivity index (χ3n) is 2.32. The van der Waals surface area contributed by atoms with Crippen LogP contribution in [0.15, 0.2) is 42.5 Å². The van der Waals surface area contributed by atoms with E-state index in [9.17, 15) is 0 Å². The van der Waals surface area contributed by atoms with Crippen LogP contribution >= 0.6 is 11.6 Å². The van der Waals surface area contributed by atoms with Crippen molar-refractivity contribution in [3.8, 4) is 5.88 Å². The first kappa shape index (κ1) is 11.7. The van der Waals surface area contributed by atoms with Crippen molar-refractivity contribution in [1.82, 2.24) is 4.98 Å². The van der Waals surface area contributed by atoms with E-state index in [2.05, 4.69) is 10.3 Å². The van der Waals surface area contributed by atoms with Gasteiger partial charge >= 0.3 is 0 Å². The van der Waals surface area contributed by atoms with Crippen LogP contribution in [0.2, 0.25) is 5.02 Å². The molecule has 1 heterocycles. The van der Waals surface area contributed by atoms with E-state index in [4.69, 9.17) is 16.3 Å². The minimum atomic E-state index is 0.603. The van der Waals surface area contributed by atoms with Gasteiger partial charge in [0.2, 0.25) is 5.88 Å². The summed E-state index contributed by atoms with van der Waals surface area (Å²) in [5, 5.41) is 3.96. The zero-order valence-corrected chi connectivity index (χ0v) is 10.2. The maximum absolute atomic E-state index is 5.82. The molecule has 0 aliphatic rings. The first-order valence-corrected chi connectivity index (χ1v) is 5.65. The Morgan fingerprint density at radius 1 is 1.18 bits per heavy atom. The molecule has 2 aromatic rings. The number of rotatable bonds is 4. The van der Waals surface area contributed by atoms with Gasteiger partial charge in [-0.3, -0.25) is 0 Å². The molecule has 17 heavy (non-hydrogen) atoms. The highest BCUT2D eigenvalue weighted by Crippen LogP contribution is 2.13. The van der Waals surface area contributed by atoms with Gasteiger partial charge in [0, 0.05) is 17.6 Å². The number of ether oxygens (including phenoxy) is 1. The van der Waals surface area contributed by atoms with Crippen LogP contribution in [-0.2, 0) is 6.54 Å². The summed E-state index contributed by atoms with van der Waals surface area (Å²) < 4.78 is 5.05. The van der Waals surface area contributed by atoms with Crippen LogP contribution < -0.4 is 10.1 Å². The minimum absolute atomic E-state index is 0.603. The number of hydrogen-bond acceptors (Lipinski definition) is 3. The fourth-order valence-corrected chi connectivity index (χ4v) is 1.55. The lowest BCUT2D eigenvalue weighted by molar-refractivity contribution is 0.398. The van der Waals surface area contributed by atoms with Crippen LogP contribution in [0.4, 0.5) is 5.82 Å². The van der Waals surface area contributed by atoms with E-state index in [-0.39, 0.29) is 0 Å². The van der Waals surface area contributed by atoms with Crippen molar-refractivity contribution in [1.29, 1.82) is 0 Å². The van der Waals surface area contributed by atoms with Crippen LogP contribution in [-0.4, -0.2) is 12.1 Å². The Morgan fingerprint density at radius 3 is 2.65 bits per heavy atom. The number of pyridine rings is 1. The van der Waals surface area contributed by atoms with Crippen molar-refractivity contribution in [3.05, 3.63) is 53.1 Å². The van der Waals surface area contributed by atoms with Gasteiger partial charge in [-0.25, -0.2) is 0 Å². The zero-order valence-electron chi connectivity index (χ0n) is 9.48. The second-order valence-corrected chi connectivity index (χ2v) is 3.98. The molecule has 0 bridgehead atoms. The maximum Gasteiger partial charge on any atom is 0.214 e. The molecule has 0 aliphatic carbocycles. The SMILES string of the molecule is COc1cccc(NCc2ccc(Cl)cc2)n1. The van der Waals surface area contributed by atoms with E-state index in [1.54, 1.807) is 7.11 Å². The number of nitrogens with one attached hydrogen (secondary N) is 1. The third kappa shape index (κ3) is 3.36. The molecule has 4 heteroatoms. The molecule has 3 nitrogen and oxygen atoms in total. The van der Waals surface area contributed by atoms with Gasteiger partial charge in [0.15, 0.2) is 0 Å². The first-order chi connectivity index (χ1) is 8.28. The number of anilines is 1. The molecule has 0 saturated heterocycles. The monoisotopic (exact) mass is 248 g/mol. The number of hydrogen-bond donors (Lipinski definition) is 1. The number of methoxy groups -OCH3 is 1. The molecule has 1 aromatic heterocycles. The van der Waals surface area contributed by atoms with E-state index in [1.807, 2.05) is 42.5 Å². The molecule has 0 aliphatic heterocycles. The number of nitrogens with zero attached hydrogens (tertiary/aromatic N) is 1. The molecule has 0 unspecified atom stereocenters. The maximum atomic E-state index is 5.82. The van der Waals surface area contributed by atoms with E-state index < -0.39 is 0 Å². The summed E-state index contributed by atoms with van der Waals surface area (Å²) in [4.78, 5) is 4.26. The lowest BCUT2D eigenvalue weighted by Crippen LogP contribution is -2.01. The van der Waals surface area contributed by atoms with Crippen LogP contribution in [0.1, 0.15) is 5.56 Å². The standard InChI is InChI=1S/C13H13ClN2O/c1-17-13-4-2-3-12(16-13)15-9-10-5-7-11(14)8-6-10/h2-8H,9H2,1H3,(H,15,16). The molecule has 1 N–H and O–H groups in total. The quantitative estimate of drug-likeness (QED) is 0.901. The summed E-state index contributed by atoms with van der Waals surface area (Å²) >= 11 is 5.82. The molecular weight excluding hydrogens is 236 g/mol. The van der Waals surface area contributed by atoms with Gasteiger partial charge in [-0.15, -0.1) is 0 Å². The molecule has 88 valence electrons. The van der Waals surface area contributed by atoms with E-state index in [0.717, 1.165) is 16.4 Å². The number of benzene rings is 1. The molecule has 2 rings (SSSR count). The fourth-order valence-electron chi connectivity index (χ4n) is 1.42. The predicted octanol–water partition coefficient (Wildman–Crippen LogP) is 3.36. The van der Waals surface area contributed by atoms with Crippen molar-refractivity contribution in [2.45, 2.75) is 6.54 Å². The predicted molar refractivity (Wildman–Crippen MR) is 69.6 cm³/mol. The van der Waals surface area contributed by atoms with Crippen molar-refractivity contribution < 1.29 is 4.74 Å². The van der Waals surface area contributed by atoms with Gasteiger partial charge in [-0.1, -0.05) is 29.8 Å². The number of halogens is 1. The summed E-state index contributed by atoms with van der Waals surface area (Å²) in [6, 6.07) is 13.3. The van der Waals surface area contributed by atoms with E-state index >= 15 is 0 Å². The Bertz CT molecular complexity index is 485. The Labute approximate surface area is 105 Å². The normalized spacial score (nSPS) is 10.0. The molecule has 0 saturated carbocycles. The smallest absolute Gasteiger partial charge is 0.214 e. The van der Waals surface area contributed by atoms with Crippen LogP contribution in [0, 0.1) is 0 Å². The summed E-state index contributed by atoms with van der Waals surface area (Å²) in [5.74, 6) is 1.39. The molecule has 0 radical (unpaired) electrons. The average molecular weight is 249 g/mol. The molecular formula is C13H13ClN2O. The second-order valence-electron chi connectivity index (χ2n) is 3.55. The van der Waals surface area contributed by atoms with Crippen molar-refractivity contribution >= 4 is 17.4 Å². The lowest BCUT2D eigenvalue weighted by Gasteiger charge is -2.07. The fraction of sp³-hybridized carbons (Fsp3) is 0.154. The largest absolute Gasteiger partial charge is 0.481 e. The Hall–Kier alpha value is -1.74. The highest BCUT2D eigenvalue weighted by Gasteiger charge is 1.97. The highest BCUT2D eigenvalue weighted by molar-refractivity contribution is 6.30. The molecule has 0 fully saturated rings. The van der Waals surface area contributed by atoms with Gasteiger partial charge in [-0.2, -0.15) is 4.98 Å². The zero-order chi connectivity index (χ0) is 12.1. The minimum Gasteiger partial charge on any atom is -0.481 e. The van der Waals surface area contributed by atoms with Gasteiger partial charge < -0.3 is 10.1 Å². The Kier molecular flexibility index (Phi) is 3.83.